The van der Waals surface area contributed by atoms with Crippen LogP contribution in [0.1, 0.15) is 50.5 Å². The van der Waals surface area contributed by atoms with Crippen LogP contribution in [0.25, 0.3) is 0 Å². The van der Waals surface area contributed by atoms with Crippen LogP contribution in [0.15, 0.2) is 0 Å². The maximum atomic E-state index is 12.0. The lowest BCUT2D eigenvalue weighted by molar-refractivity contribution is -0.138. The third kappa shape index (κ3) is 1.49. The molecule has 17 heavy (non-hydrogen) atoms. The van der Waals surface area contributed by atoms with Crippen molar-refractivity contribution < 1.29 is 14.7 Å². The van der Waals surface area contributed by atoms with Crippen molar-refractivity contribution in [3.05, 3.63) is 33.4 Å². The second-order valence-electron chi connectivity index (χ2n) is 4.81. The third-order valence-corrected chi connectivity index (χ3v) is 4.05. The van der Waals surface area contributed by atoms with Gasteiger partial charge in [0.1, 0.15) is 0 Å². The topological polar surface area (TPSA) is 54.4 Å². The molecule has 1 aromatic rings. The number of aliphatic carboxylic acids is 1. The van der Waals surface area contributed by atoms with E-state index in [1.54, 1.807) is 0 Å². The molecule has 0 heterocycles. The van der Waals surface area contributed by atoms with Crippen molar-refractivity contribution in [3.63, 3.8) is 0 Å². The first-order chi connectivity index (χ1) is 7.86. The minimum atomic E-state index is -0.900. The van der Waals surface area contributed by atoms with E-state index >= 15 is 0 Å². The molecule has 1 aromatic carbocycles. The summed E-state index contributed by atoms with van der Waals surface area (Å²) in [5.74, 6) is -1.59. The van der Waals surface area contributed by atoms with Crippen LogP contribution in [-0.4, -0.2) is 16.9 Å². The first-order valence-corrected chi connectivity index (χ1v) is 5.72. The normalized spacial score (nSPS) is 18.4. The van der Waals surface area contributed by atoms with Gasteiger partial charge in [0.15, 0.2) is 5.78 Å². The van der Waals surface area contributed by atoms with Crippen molar-refractivity contribution in [1.29, 1.82) is 0 Å². The summed E-state index contributed by atoms with van der Waals surface area (Å²) in [5.41, 5.74) is 5.49. The van der Waals surface area contributed by atoms with E-state index < -0.39 is 11.9 Å². The number of benzene rings is 1. The summed E-state index contributed by atoms with van der Waals surface area (Å²) in [7, 11) is 0. The monoisotopic (exact) mass is 232 g/mol. The highest BCUT2D eigenvalue weighted by Gasteiger charge is 2.37. The summed E-state index contributed by atoms with van der Waals surface area (Å²) in [6, 6.07) is 0. The average Bonchev–Trinajstić information content (AvgIpc) is 2.61. The molecular weight excluding hydrogens is 216 g/mol. The van der Waals surface area contributed by atoms with Crippen molar-refractivity contribution >= 4 is 11.8 Å². The summed E-state index contributed by atoms with van der Waals surface area (Å²) in [6.07, 6.45) is 0.106. The SMILES string of the molecule is Cc1c(C)c(C)c2c(c1C)C(=O)C[C@H]2C(=O)O. The predicted octanol–water partition coefficient (Wildman–Crippen LogP) is 2.67. The smallest absolute Gasteiger partial charge is 0.311 e. The van der Waals surface area contributed by atoms with E-state index in [0.717, 1.165) is 27.8 Å². The Kier molecular flexibility index (Phi) is 2.57. The van der Waals surface area contributed by atoms with Gasteiger partial charge in [-0.25, -0.2) is 0 Å². The van der Waals surface area contributed by atoms with Gasteiger partial charge in [-0.05, 0) is 55.5 Å². The van der Waals surface area contributed by atoms with Gasteiger partial charge in [-0.15, -0.1) is 0 Å². The van der Waals surface area contributed by atoms with E-state index in [9.17, 15) is 14.7 Å². The Hall–Kier alpha value is -1.64. The quantitative estimate of drug-likeness (QED) is 0.809. The maximum absolute atomic E-state index is 12.0. The van der Waals surface area contributed by atoms with Crippen LogP contribution in [0.4, 0.5) is 0 Å². The van der Waals surface area contributed by atoms with Crippen molar-refractivity contribution in [2.45, 2.75) is 40.0 Å². The number of Topliss-reactive ketones (excluding diaryl/α,β-unsaturated/α-hetero) is 1. The summed E-state index contributed by atoms with van der Waals surface area (Å²) in [4.78, 5) is 23.2. The van der Waals surface area contributed by atoms with Gasteiger partial charge in [-0.3, -0.25) is 9.59 Å². The zero-order valence-corrected chi connectivity index (χ0v) is 10.5. The number of carbonyl (C=O) groups excluding carboxylic acids is 1. The van der Waals surface area contributed by atoms with Gasteiger partial charge in [0.25, 0.3) is 0 Å². The van der Waals surface area contributed by atoms with Crippen LogP contribution >= 0.6 is 0 Å². The van der Waals surface area contributed by atoms with Gasteiger partial charge in [0.2, 0.25) is 0 Å². The Balaban J connectivity index is 2.82. The molecule has 2 rings (SSSR count). The molecule has 1 aliphatic carbocycles. The molecule has 0 aromatic heterocycles. The molecule has 0 saturated heterocycles. The van der Waals surface area contributed by atoms with Crippen molar-refractivity contribution in [1.82, 2.24) is 0 Å². The van der Waals surface area contributed by atoms with Crippen LogP contribution in [0.5, 0.6) is 0 Å². The summed E-state index contributed by atoms with van der Waals surface area (Å²) >= 11 is 0. The minimum absolute atomic E-state index is 0.0314. The highest BCUT2D eigenvalue weighted by atomic mass is 16.4. The van der Waals surface area contributed by atoms with Crippen LogP contribution in [-0.2, 0) is 4.79 Å². The van der Waals surface area contributed by atoms with Gasteiger partial charge in [0, 0.05) is 12.0 Å². The average molecular weight is 232 g/mol. The molecule has 0 spiro atoms. The van der Waals surface area contributed by atoms with Crippen molar-refractivity contribution in [2.24, 2.45) is 0 Å². The van der Waals surface area contributed by atoms with Gasteiger partial charge in [-0.2, -0.15) is 0 Å². The zero-order valence-electron chi connectivity index (χ0n) is 10.5. The maximum Gasteiger partial charge on any atom is 0.311 e. The van der Waals surface area contributed by atoms with Gasteiger partial charge >= 0.3 is 5.97 Å². The molecule has 0 bridgehead atoms. The fraction of sp³-hybridized carbons (Fsp3) is 0.429. The van der Waals surface area contributed by atoms with Crippen molar-refractivity contribution in [3.8, 4) is 0 Å². The fourth-order valence-electron chi connectivity index (χ4n) is 2.74. The molecule has 1 N–H and O–H groups in total. The Morgan fingerprint density at radius 2 is 1.59 bits per heavy atom. The second kappa shape index (κ2) is 3.69. The lowest BCUT2D eigenvalue weighted by Crippen LogP contribution is -2.11. The van der Waals surface area contributed by atoms with Crippen LogP contribution in [0.2, 0.25) is 0 Å². The summed E-state index contributed by atoms with van der Waals surface area (Å²) < 4.78 is 0. The van der Waals surface area contributed by atoms with Gasteiger partial charge in [0.05, 0.1) is 5.92 Å². The van der Waals surface area contributed by atoms with Crippen molar-refractivity contribution in [2.75, 3.05) is 0 Å². The molecule has 3 nitrogen and oxygen atoms in total. The largest absolute Gasteiger partial charge is 0.481 e. The first-order valence-electron chi connectivity index (χ1n) is 5.72. The summed E-state index contributed by atoms with van der Waals surface area (Å²) in [5, 5.41) is 9.20. The number of carboxylic acids is 1. The molecule has 0 amide bonds. The Morgan fingerprint density at radius 1 is 1.06 bits per heavy atom. The Labute approximate surface area is 100 Å². The Morgan fingerprint density at radius 3 is 2.12 bits per heavy atom. The van der Waals surface area contributed by atoms with E-state index in [-0.39, 0.29) is 12.2 Å². The molecule has 90 valence electrons. The van der Waals surface area contributed by atoms with Gasteiger partial charge < -0.3 is 5.11 Å². The van der Waals surface area contributed by atoms with Crippen LogP contribution in [0.3, 0.4) is 0 Å². The number of hydrogen-bond donors (Lipinski definition) is 1. The molecular formula is C14H16O3. The molecule has 0 radical (unpaired) electrons. The molecule has 0 aliphatic heterocycles. The number of rotatable bonds is 1. The van der Waals surface area contributed by atoms with E-state index in [1.165, 1.54) is 0 Å². The standard InChI is InChI=1S/C14H16O3/c1-6-7(2)9(4)13-11(15)5-10(14(16)17)12(13)8(6)3/h10H,5H2,1-4H3,(H,16,17)/t10-/m1/s1. The molecule has 1 atom stereocenters. The molecule has 0 saturated carbocycles. The van der Waals surface area contributed by atoms with E-state index in [0.29, 0.717) is 5.56 Å². The molecule has 0 unspecified atom stereocenters. The van der Waals surface area contributed by atoms with Crippen LogP contribution in [0, 0.1) is 27.7 Å². The predicted molar refractivity (Wildman–Crippen MR) is 64.7 cm³/mol. The first kappa shape index (κ1) is 11.8. The fourth-order valence-corrected chi connectivity index (χ4v) is 2.74. The van der Waals surface area contributed by atoms with E-state index in [4.69, 9.17) is 0 Å². The molecule has 0 fully saturated rings. The third-order valence-electron chi connectivity index (χ3n) is 4.05. The second-order valence-corrected chi connectivity index (χ2v) is 4.81. The van der Waals surface area contributed by atoms with Crippen LogP contribution < -0.4 is 0 Å². The lowest BCUT2D eigenvalue weighted by Gasteiger charge is -2.16. The number of carbonyl (C=O) groups is 2. The number of carboxylic acid groups (broad SMARTS) is 1. The summed E-state index contributed by atoms with van der Waals surface area (Å²) in [6.45, 7) is 7.79. The van der Waals surface area contributed by atoms with E-state index in [1.807, 2.05) is 27.7 Å². The number of ketones is 1. The van der Waals surface area contributed by atoms with Gasteiger partial charge in [-0.1, -0.05) is 0 Å². The molecule has 1 aliphatic rings. The van der Waals surface area contributed by atoms with E-state index in [2.05, 4.69) is 0 Å². The number of hydrogen-bond acceptors (Lipinski definition) is 2. The zero-order chi connectivity index (χ0) is 12.9. The Bertz CT molecular complexity index is 541. The number of fused-ring (bicyclic) bond motifs is 1. The minimum Gasteiger partial charge on any atom is -0.481 e. The highest BCUT2D eigenvalue weighted by Crippen LogP contribution is 2.40. The highest BCUT2D eigenvalue weighted by molar-refractivity contribution is 6.07. The lowest BCUT2D eigenvalue weighted by atomic mass is 9.87. The molecule has 3 heteroatoms.